The van der Waals surface area contributed by atoms with Crippen molar-refractivity contribution in [2.24, 2.45) is 0 Å². The second kappa shape index (κ2) is 6.57. The highest BCUT2D eigenvalue weighted by Gasteiger charge is 2.32. The number of rotatable bonds is 1. The van der Waals surface area contributed by atoms with Gasteiger partial charge in [0, 0.05) is 19.6 Å². The zero-order valence-electron chi connectivity index (χ0n) is 11.7. The summed E-state index contributed by atoms with van der Waals surface area (Å²) in [5.74, 6) is 0.168. The summed E-state index contributed by atoms with van der Waals surface area (Å²) in [5.41, 5.74) is 2.64. The lowest BCUT2D eigenvalue weighted by molar-refractivity contribution is -0.140. The van der Waals surface area contributed by atoms with Gasteiger partial charge < -0.3 is 15.0 Å². The first-order chi connectivity index (χ1) is 9.25. The molecule has 2 aliphatic heterocycles. The largest absolute Gasteiger partial charge is 0.375 e. The summed E-state index contributed by atoms with van der Waals surface area (Å²) < 4.78 is 5.56. The molecule has 0 radical (unpaired) electrons. The molecule has 1 aromatic rings. The third kappa shape index (κ3) is 2.97. The van der Waals surface area contributed by atoms with E-state index in [1.807, 2.05) is 17.9 Å². The van der Waals surface area contributed by atoms with E-state index in [1.54, 1.807) is 0 Å². The maximum absolute atomic E-state index is 12.6. The number of carbonyl (C=O) groups is 1. The smallest absolute Gasteiger partial charge is 0.242 e. The number of benzene rings is 1. The molecule has 20 heavy (non-hydrogen) atoms. The molecule has 1 fully saturated rings. The Kier molecular flexibility index (Phi) is 5.02. The van der Waals surface area contributed by atoms with Crippen molar-refractivity contribution in [3.8, 4) is 0 Å². The van der Waals surface area contributed by atoms with E-state index >= 15 is 0 Å². The van der Waals surface area contributed by atoms with Crippen LogP contribution in [0.5, 0.6) is 0 Å². The Hall–Kier alpha value is -1.10. The van der Waals surface area contributed by atoms with Gasteiger partial charge in [-0.15, -0.1) is 12.4 Å². The number of nitrogens with one attached hydrogen (secondary N) is 1. The first-order valence-corrected chi connectivity index (χ1v) is 6.96. The van der Waals surface area contributed by atoms with Gasteiger partial charge in [0.15, 0.2) is 0 Å². The molecule has 0 unspecified atom stereocenters. The number of nitrogens with zero attached hydrogens (tertiary/aromatic N) is 1. The number of morpholine rings is 1. The molecule has 2 heterocycles. The van der Waals surface area contributed by atoms with Gasteiger partial charge in [-0.05, 0) is 24.5 Å². The van der Waals surface area contributed by atoms with Crippen LogP contribution >= 0.6 is 12.4 Å². The van der Waals surface area contributed by atoms with E-state index in [4.69, 9.17) is 4.74 Å². The summed E-state index contributed by atoms with van der Waals surface area (Å²) in [6, 6.07) is 8.18. The molecule has 0 saturated carbocycles. The van der Waals surface area contributed by atoms with Gasteiger partial charge in [-0.3, -0.25) is 4.79 Å². The highest BCUT2D eigenvalue weighted by molar-refractivity contribution is 5.85. The first kappa shape index (κ1) is 15.3. The van der Waals surface area contributed by atoms with Gasteiger partial charge in [-0.1, -0.05) is 24.3 Å². The second-order valence-electron chi connectivity index (χ2n) is 5.29. The molecule has 1 aromatic carbocycles. The molecule has 1 saturated heterocycles. The van der Waals surface area contributed by atoms with Crippen molar-refractivity contribution in [1.82, 2.24) is 10.2 Å². The van der Waals surface area contributed by atoms with Crippen molar-refractivity contribution in [2.45, 2.75) is 32.0 Å². The molecule has 2 aliphatic rings. The Bertz CT molecular complexity index is 481. The van der Waals surface area contributed by atoms with E-state index in [9.17, 15) is 4.79 Å². The summed E-state index contributed by atoms with van der Waals surface area (Å²) in [7, 11) is 0. The van der Waals surface area contributed by atoms with Crippen molar-refractivity contribution in [1.29, 1.82) is 0 Å². The lowest BCUT2D eigenvalue weighted by Gasteiger charge is -2.36. The van der Waals surface area contributed by atoms with Crippen molar-refractivity contribution in [2.75, 3.05) is 19.7 Å². The van der Waals surface area contributed by atoms with Gasteiger partial charge in [0.05, 0.1) is 12.7 Å². The van der Waals surface area contributed by atoms with Crippen LogP contribution in [0.25, 0.3) is 0 Å². The third-order valence-electron chi connectivity index (χ3n) is 4.02. The quantitative estimate of drug-likeness (QED) is 0.851. The molecule has 5 heteroatoms. The van der Waals surface area contributed by atoms with Gasteiger partial charge in [-0.25, -0.2) is 0 Å². The van der Waals surface area contributed by atoms with E-state index in [0.29, 0.717) is 6.61 Å². The van der Waals surface area contributed by atoms with Crippen LogP contribution in [0.3, 0.4) is 0 Å². The summed E-state index contributed by atoms with van der Waals surface area (Å²) in [6.45, 7) is 4.94. The SMILES string of the molecule is C[C@H]1OCCN[C@@H]1C(=O)N1CCc2ccccc2C1.Cl. The summed E-state index contributed by atoms with van der Waals surface area (Å²) in [4.78, 5) is 14.5. The maximum Gasteiger partial charge on any atom is 0.242 e. The van der Waals surface area contributed by atoms with Crippen LogP contribution in [-0.4, -0.2) is 42.6 Å². The molecule has 3 rings (SSSR count). The predicted molar refractivity (Wildman–Crippen MR) is 80.0 cm³/mol. The topological polar surface area (TPSA) is 41.6 Å². The molecule has 0 bridgehead atoms. The van der Waals surface area contributed by atoms with E-state index in [0.717, 1.165) is 26.1 Å². The molecule has 2 atom stereocenters. The molecule has 0 aliphatic carbocycles. The Morgan fingerprint density at radius 2 is 2.10 bits per heavy atom. The van der Waals surface area contributed by atoms with Crippen LogP contribution < -0.4 is 5.32 Å². The number of hydrogen-bond donors (Lipinski definition) is 1. The lowest BCUT2D eigenvalue weighted by atomic mass is 9.98. The highest BCUT2D eigenvalue weighted by atomic mass is 35.5. The average molecular weight is 297 g/mol. The molecule has 0 aromatic heterocycles. The fourth-order valence-electron chi connectivity index (χ4n) is 2.89. The normalized spacial score (nSPS) is 25.6. The van der Waals surface area contributed by atoms with Crippen LogP contribution in [-0.2, 0) is 22.5 Å². The number of fused-ring (bicyclic) bond motifs is 1. The van der Waals surface area contributed by atoms with Crippen molar-refractivity contribution in [3.05, 3.63) is 35.4 Å². The fraction of sp³-hybridized carbons (Fsp3) is 0.533. The second-order valence-corrected chi connectivity index (χ2v) is 5.29. The van der Waals surface area contributed by atoms with Crippen molar-refractivity contribution in [3.63, 3.8) is 0 Å². The molecular formula is C15H21ClN2O2. The Morgan fingerprint density at radius 3 is 2.85 bits per heavy atom. The van der Waals surface area contributed by atoms with E-state index < -0.39 is 0 Å². The molecule has 4 nitrogen and oxygen atoms in total. The van der Waals surface area contributed by atoms with Gasteiger partial charge in [-0.2, -0.15) is 0 Å². The van der Waals surface area contributed by atoms with Gasteiger partial charge in [0.1, 0.15) is 6.04 Å². The van der Waals surface area contributed by atoms with Crippen LogP contribution in [0.2, 0.25) is 0 Å². The Balaban J connectivity index is 0.00000147. The van der Waals surface area contributed by atoms with Crippen LogP contribution in [0, 0.1) is 0 Å². The van der Waals surface area contributed by atoms with Gasteiger partial charge in [0.25, 0.3) is 0 Å². The maximum atomic E-state index is 12.6. The number of amides is 1. The predicted octanol–water partition coefficient (Wildman–Crippen LogP) is 1.37. The summed E-state index contributed by atoms with van der Waals surface area (Å²) in [5, 5.41) is 3.27. The van der Waals surface area contributed by atoms with E-state index in [1.165, 1.54) is 11.1 Å². The monoisotopic (exact) mass is 296 g/mol. The molecule has 0 spiro atoms. The minimum atomic E-state index is -0.195. The number of halogens is 1. The fourth-order valence-corrected chi connectivity index (χ4v) is 2.89. The van der Waals surface area contributed by atoms with Gasteiger partial charge in [0.2, 0.25) is 5.91 Å². The summed E-state index contributed by atoms with van der Waals surface area (Å²) in [6.07, 6.45) is 0.905. The van der Waals surface area contributed by atoms with Crippen LogP contribution in [0.1, 0.15) is 18.1 Å². The lowest BCUT2D eigenvalue weighted by Crippen LogP contribution is -2.57. The number of carbonyl (C=O) groups excluding carboxylic acids is 1. The summed E-state index contributed by atoms with van der Waals surface area (Å²) >= 11 is 0. The first-order valence-electron chi connectivity index (χ1n) is 6.96. The molecule has 110 valence electrons. The van der Waals surface area contributed by atoms with Crippen LogP contribution in [0.15, 0.2) is 24.3 Å². The zero-order valence-corrected chi connectivity index (χ0v) is 12.5. The average Bonchev–Trinajstić information content (AvgIpc) is 2.46. The standard InChI is InChI=1S/C15H20N2O2.ClH/c1-11-14(16-7-9-19-11)15(18)17-8-6-12-4-2-3-5-13(12)10-17;/h2-5,11,14,16H,6-10H2,1H3;1H/t11-,14+;/m1./s1. The minimum Gasteiger partial charge on any atom is -0.375 e. The van der Waals surface area contributed by atoms with Crippen molar-refractivity contribution < 1.29 is 9.53 Å². The van der Waals surface area contributed by atoms with E-state index in [2.05, 4.69) is 23.5 Å². The third-order valence-corrected chi connectivity index (χ3v) is 4.02. The van der Waals surface area contributed by atoms with Crippen LogP contribution in [0.4, 0.5) is 0 Å². The van der Waals surface area contributed by atoms with Crippen molar-refractivity contribution >= 4 is 18.3 Å². The number of ether oxygens (including phenoxy) is 1. The Morgan fingerprint density at radius 1 is 1.35 bits per heavy atom. The number of hydrogen-bond acceptors (Lipinski definition) is 3. The van der Waals surface area contributed by atoms with Gasteiger partial charge >= 0.3 is 0 Å². The molecule has 1 amide bonds. The highest BCUT2D eigenvalue weighted by Crippen LogP contribution is 2.20. The molecular weight excluding hydrogens is 276 g/mol. The Labute approximate surface area is 125 Å². The van der Waals surface area contributed by atoms with E-state index in [-0.39, 0.29) is 30.5 Å². The zero-order chi connectivity index (χ0) is 13.2. The minimum absolute atomic E-state index is 0. The molecule has 1 N–H and O–H groups in total.